The molecule has 0 saturated heterocycles. The number of ketones is 1. The van der Waals surface area contributed by atoms with Gasteiger partial charge in [0.15, 0.2) is 28.8 Å². The minimum absolute atomic E-state index is 0.0322. The Bertz CT molecular complexity index is 1780. The Labute approximate surface area is 232 Å². The number of pyridine rings is 1. The Morgan fingerprint density at radius 3 is 2.59 bits per heavy atom. The number of aromatic amines is 1. The average Bonchev–Trinajstić information content (AvgIpc) is 3.38. The van der Waals surface area contributed by atoms with Gasteiger partial charge in [0.1, 0.15) is 17.0 Å². The number of halogens is 2. The number of rotatable bonds is 10. The van der Waals surface area contributed by atoms with E-state index in [1.54, 1.807) is 6.07 Å². The van der Waals surface area contributed by atoms with Crippen LogP contribution >= 0.6 is 0 Å². The van der Waals surface area contributed by atoms with Gasteiger partial charge in [-0.3, -0.25) is 14.7 Å². The van der Waals surface area contributed by atoms with Crippen LogP contribution in [-0.2, 0) is 6.42 Å². The maximum absolute atomic E-state index is 15.1. The predicted octanol–water partition coefficient (Wildman–Crippen LogP) is 4.43. The van der Waals surface area contributed by atoms with E-state index in [0.29, 0.717) is 40.4 Å². The molecule has 2 aromatic carbocycles. The minimum atomic E-state index is -0.710. The van der Waals surface area contributed by atoms with Crippen LogP contribution in [0.25, 0.3) is 16.7 Å². The Morgan fingerprint density at radius 2 is 1.85 bits per heavy atom. The summed E-state index contributed by atoms with van der Waals surface area (Å²) in [6.07, 6.45) is 2.56. The highest BCUT2D eigenvalue weighted by molar-refractivity contribution is 5.97. The van der Waals surface area contributed by atoms with Gasteiger partial charge in [-0.15, -0.1) is 0 Å². The molecule has 41 heavy (non-hydrogen) atoms. The molecule has 0 amide bonds. The van der Waals surface area contributed by atoms with Crippen LogP contribution < -0.4 is 15.6 Å². The highest BCUT2D eigenvalue weighted by atomic mass is 19.1. The standard InChI is InChI=1S/C29H26F2N6O4/c1-29(2,16-38)15-33-27-25-24(10-11-32-26(25)35-36-27)41-23-8-3-17(13-21(23)31)14-22(39)20-9-12-34-37(28(20)40)19-6-4-18(30)5-7-19/h3-13,38H,14-16H2,1-2H3,(H2,32,33,35,36). The molecule has 0 atom stereocenters. The topological polar surface area (TPSA) is 135 Å². The van der Waals surface area contributed by atoms with Crippen molar-refractivity contribution in [3.63, 3.8) is 0 Å². The molecule has 5 aromatic rings. The van der Waals surface area contributed by atoms with Gasteiger partial charge in [0, 0.05) is 43.4 Å². The van der Waals surface area contributed by atoms with Crippen LogP contribution in [-0.4, -0.2) is 49.0 Å². The monoisotopic (exact) mass is 560 g/mol. The van der Waals surface area contributed by atoms with E-state index in [9.17, 15) is 19.1 Å². The molecular weight excluding hydrogens is 534 g/mol. The number of aromatic nitrogens is 5. The highest BCUT2D eigenvalue weighted by Gasteiger charge is 2.20. The number of fused-ring (bicyclic) bond motifs is 1. The molecule has 0 fully saturated rings. The number of nitrogens with one attached hydrogen (secondary N) is 2. The maximum Gasteiger partial charge on any atom is 0.282 e. The zero-order chi connectivity index (χ0) is 29.1. The van der Waals surface area contributed by atoms with E-state index in [4.69, 9.17) is 4.74 Å². The van der Waals surface area contributed by atoms with Crippen molar-refractivity contribution in [2.45, 2.75) is 20.3 Å². The Balaban J connectivity index is 1.35. The van der Waals surface area contributed by atoms with E-state index >= 15 is 4.39 Å². The molecule has 0 spiro atoms. The molecule has 0 aliphatic heterocycles. The lowest BCUT2D eigenvalue weighted by atomic mass is 9.95. The summed E-state index contributed by atoms with van der Waals surface area (Å²) >= 11 is 0. The van der Waals surface area contributed by atoms with E-state index in [-0.39, 0.29) is 24.3 Å². The summed E-state index contributed by atoms with van der Waals surface area (Å²) in [7, 11) is 0. The van der Waals surface area contributed by atoms with Crippen LogP contribution in [0.15, 0.2) is 71.8 Å². The van der Waals surface area contributed by atoms with Crippen molar-refractivity contribution in [1.29, 1.82) is 0 Å². The second-order valence-corrected chi connectivity index (χ2v) is 10.2. The van der Waals surface area contributed by atoms with Gasteiger partial charge < -0.3 is 15.2 Å². The number of nitrogens with zero attached hydrogens (tertiary/aromatic N) is 4. The van der Waals surface area contributed by atoms with E-state index in [1.165, 1.54) is 60.9 Å². The summed E-state index contributed by atoms with van der Waals surface area (Å²) < 4.78 is 35.3. The molecular formula is C29H26F2N6O4. The number of carbonyl (C=O) groups excluding carboxylic acids is 1. The Hall–Kier alpha value is -4.97. The van der Waals surface area contributed by atoms with Gasteiger partial charge in [-0.05, 0) is 48.0 Å². The van der Waals surface area contributed by atoms with Gasteiger partial charge in [0.2, 0.25) is 0 Å². The molecule has 210 valence electrons. The Kier molecular flexibility index (Phi) is 7.58. The number of hydrogen-bond acceptors (Lipinski definition) is 8. The number of hydrogen-bond donors (Lipinski definition) is 3. The molecule has 0 radical (unpaired) electrons. The second kappa shape index (κ2) is 11.3. The molecule has 0 aliphatic rings. The van der Waals surface area contributed by atoms with E-state index in [1.807, 2.05) is 13.8 Å². The van der Waals surface area contributed by atoms with Crippen molar-refractivity contribution in [3.05, 3.63) is 100 Å². The van der Waals surface area contributed by atoms with Crippen LogP contribution in [0.4, 0.5) is 14.6 Å². The number of aliphatic hydroxyl groups excluding tert-OH is 1. The normalized spacial score (nSPS) is 11.5. The van der Waals surface area contributed by atoms with Crippen LogP contribution in [0.5, 0.6) is 11.5 Å². The third kappa shape index (κ3) is 5.97. The van der Waals surface area contributed by atoms with Crippen molar-refractivity contribution in [3.8, 4) is 17.2 Å². The molecule has 3 aromatic heterocycles. The second-order valence-electron chi connectivity index (χ2n) is 10.2. The number of ether oxygens (including phenoxy) is 1. The lowest BCUT2D eigenvalue weighted by Gasteiger charge is -2.21. The fraction of sp³-hybridized carbons (Fsp3) is 0.207. The molecule has 5 rings (SSSR count). The van der Waals surface area contributed by atoms with Crippen LogP contribution in [0.3, 0.4) is 0 Å². The summed E-state index contributed by atoms with van der Waals surface area (Å²) in [5.74, 6) is -1.06. The minimum Gasteiger partial charge on any atom is -0.453 e. The van der Waals surface area contributed by atoms with Crippen LogP contribution in [0.1, 0.15) is 29.8 Å². The fourth-order valence-corrected chi connectivity index (χ4v) is 4.04. The maximum atomic E-state index is 15.1. The first-order valence-corrected chi connectivity index (χ1v) is 12.7. The quantitative estimate of drug-likeness (QED) is 0.214. The third-order valence-corrected chi connectivity index (χ3v) is 6.38. The molecule has 0 aliphatic carbocycles. The first kappa shape index (κ1) is 27.6. The summed E-state index contributed by atoms with van der Waals surface area (Å²) in [5, 5.41) is 24.2. The molecule has 3 N–H and O–H groups in total. The van der Waals surface area contributed by atoms with E-state index in [0.717, 1.165) is 4.68 Å². The van der Waals surface area contributed by atoms with Crippen LogP contribution in [0, 0.1) is 17.0 Å². The van der Waals surface area contributed by atoms with Crippen molar-refractivity contribution < 1.29 is 23.4 Å². The summed E-state index contributed by atoms with van der Waals surface area (Å²) in [6.45, 7) is 4.17. The van der Waals surface area contributed by atoms with Gasteiger partial charge >= 0.3 is 0 Å². The number of benzene rings is 2. The highest BCUT2D eigenvalue weighted by Crippen LogP contribution is 2.34. The first-order valence-electron chi connectivity index (χ1n) is 12.7. The van der Waals surface area contributed by atoms with E-state index < -0.39 is 28.4 Å². The predicted molar refractivity (Wildman–Crippen MR) is 148 cm³/mol. The Morgan fingerprint density at radius 1 is 1.07 bits per heavy atom. The zero-order valence-electron chi connectivity index (χ0n) is 22.2. The fourth-order valence-electron chi connectivity index (χ4n) is 4.04. The molecule has 12 heteroatoms. The molecule has 0 saturated carbocycles. The summed E-state index contributed by atoms with van der Waals surface area (Å²) in [5.41, 5.74) is -0.138. The largest absolute Gasteiger partial charge is 0.453 e. The third-order valence-electron chi connectivity index (χ3n) is 6.38. The van der Waals surface area contributed by atoms with Gasteiger partial charge in [0.25, 0.3) is 5.56 Å². The van der Waals surface area contributed by atoms with Crippen molar-refractivity contribution in [2.75, 3.05) is 18.5 Å². The SMILES string of the molecule is CC(C)(CO)CNc1n[nH]c2nccc(Oc3ccc(CC(=O)c4ccnn(-c5ccc(F)cc5)c4=O)cc3F)c12. The van der Waals surface area contributed by atoms with Crippen molar-refractivity contribution in [1.82, 2.24) is 25.0 Å². The zero-order valence-corrected chi connectivity index (χ0v) is 22.2. The van der Waals surface area contributed by atoms with Crippen molar-refractivity contribution in [2.24, 2.45) is 5.41 Å². The first-order chi connectivity index (χ1) is 19.6. The summed E-state index contributed by atoms with van der Waals surface area (Å²) in [6, 6.07) is 12.1. The number of H-pyrrole nitrogens is 1. The number of anilines is 1. The number of carbonyl (C=O) groups is 1. The lowest BCUT2D eigenvalue weighted by Crippen LogP contribution is -2.27. The van der Waals surface area contributed by atoms with Gasteiger partial charge in [-0.1, -0.05) is 19.9 Å². The van der Waals surface area contributed by atoms with E-state index in [2.05, 4.69) is 25.6 Å². The summed E-state index contributed by atoms with van der Waals surface area (Å²) in [4.78, 5) is 30.1. The van der Waals surface area contributed by atoms with Crippen molar-refractivity contribution >= 4 is 22.6 Å². The average molecular weight is 561 g/mol. The van der Waals surface area contributed by atoms with Gasteiger partial charge in [-0.2, -0.15) is 14.9 Å². The molecule has 0 bridgehead atoms. The molecule has 0 unspecified atom stereocenters. The smallest absolute Gasteiger partial charge is 0.282 e. The van der Waals surface area contributed by atoms with Crippen LogP contribution in [0.2, 0.25) is 0 Å². The number of aliphatic hydroxyl groups is 1. The molecule has 3 heterocycles. The molecule has 10 nitrogen and oxygen atoms in total. The number of Topliss-reactive ketones (excluding diaryl/α,β-unsaturated/α-hetero) is 1. The lowest BCUT2D eigenvalue weighted by molar-refractivity contribution is 0.0991. The van der Waals surface area contributed by atoms with Gasteiger partial charge in [-0.25, -0.2) is 13.8 Å². The van der Waals surface area contributed by atoms with Gasteiger partial charge in [0.05, 0.1) is 11.3 Å².